The molecule has 0 N–H and O–H groups in total. The lowest BCUT2D eigenvalue weighted by atomic mass is 9.84. The van der Waals surface area contributed by atoms with Crippen LogP contribution < -0.4 is 4.90 Å². The first kappa shape index (κ1) is 14.5. The van der Waals surface area contributed by atoms with Gasteiger partial charge in [0.05, 0.1) is 5.52 Å². The van der Waals surface area contributed by atoms with E-state index in [0.29, 0.717) is 11.8 Å². The molecule has 0 spiro atoms. The van der Waals surface area contributed by atoms with Gasteiger partial charge in [-0.25, -0.2) is 0 Å². The molecule has 0 radical (unpaired) electrons. The zero-order chi connectivity index (χ0) is 15.6. The average molecular weight is 309 g/mol. The van der Waals surface area contributed by atoms with E-state index in [-0.39, 0.29) is 0 Å². The second-order valence-corrected chi connectivity index (χ2v) is 6.64. The Balaban J connectivity index is 1.53. The number of para-hydroxylation sites is 1. The molecular formula is C19H23N3O. The van der Waals surface area contributed by atoms with Crippen molar-refractivity contribution in [2.45, 2.75) is 25.7 Å². The molecule has 2 heterocycles. The number of rotatable bonds is 2. The van der Waals surface area contributed by atoms with Crippen molar-refractivity contribution >= 4 is 22.5 Å². The van der Waals surface area contributed by atoms with Gasteiger partial charge in [-0.3, -0.25) is 9.78 Å². The van der Waals surface area contributed by atoms with E-state index in [1.807, 2.05) is 12.3 Å². The number of fused-ring (bicyclic) bond motifs is 1. The molecule has 2 aliphatic rings. The number of hydrogen-bond acceptors (Lipinski definition) is 3. The molecular weight excluding hydrogens is 286 g/mol. The smallest absolute Gasteiger partial charge is 0.225 e. The predicted molar refractivity (Wildman–Crippen MR) is 92.5 cm³/mol. The molecule has 1 aromatic heterocycles. The maximum atomic E-state index is 12.5. The third-order valence-electron chi connectivity index (χ3n) is 5.23. The maximum absolute atomic E-state index is 12.5. The molecule has 0 bridgehead atoms. The van der Waals surface area contributed by atoms with E-state index < -0.39 is 0 Å². The molecule has 1 saturated carbocycles. The van der Waals surface area contributed by atoms with E-state index in [9.17, 15) is 4.79 Å². The highest BCUT2D eigenvalue weighted by Crippen LogP contribution is 2.30. The highest BCUT2D eigenvalue weighted by atomic mass is 16.2. The average Bonchev–Trinajstić information content (AvgIpc) is 2.78. The van der Waals surface area contributed by atoms with Crippen molar-refractivity contribution in [2.24, 2.45) is 5.92 Å². The van der Waals surface area contributed by atoms with Gasteiger partial charge in [0.1, 0.15) is 0 Å². The summed E-state index contributed by atoms with van der Waals surface area (Å²) in [4.78, 5) is 21.4. The van der Waals surface area contributed by atoms with Crippen molar-refractivity contribution in [3.8, 4) is 0 Å². The minimum atomic E-state index is 0.309. The highest BCUT2D eigenvalue weighted by Gasteiger charge is 2.30. The molecule has 1 saturated heterocycles. The Bertz CT molecular complexity index is 705. The van der Waals surface area contributed by atoms with Crippen molar-refractivity contribution in [3.05, 3.63) is 36.5 Å². The molecule has 4 nitrogen and oxygen atoms in total. The van der Waals surface area contributed by atoms with Crippen LogP contribution in [0, 0.1) is 5.92 Å². The minimum absolute atomic E-state index is 0.309. The van der Waals surface area contributed by atoms with Gasteiger partial charge in [-0.2, -0.15) is 0 Å². The molecule has 2 aromatic rings. The number of benzene rings is 1. The third kappa shape index (κ3) is 2.78. The van der Waals surface area contributed by atoms with Gasteiger partial charge in [-0.05, 0) is 31.4 Å². The number of anilines is 1. The molecule has 23 heavy (non-hydrogen) atoms. The molecule has 4 rings (SSSR count). The maximum Gasteiger partial charge on any atom is 0.225 e. The fourth-order valence-electron chi connectivity index (χ4n) is 3.65. The van der Waals surface area contributed by atoms with Crippen LogP contribution in [0.3, 0.4) is 0 Å². The Morgan fingerprint density at radius 2 is 1.87 bits per heavy atom. The Labute approximate surface area is 137 Å². The Morgan fingerprint density at radius 3 is 2.70 bits per heavy atom. The number of amides is 1. The number of nitrogens with zero attached hydrogens (tertiary/aromatic N) is 3. The molecule has 120 valence electrons. The molecule has 4 heteroatoms. The zero-order valence-corrected chi connectivity index (χ0v) is 13.4. The summed E-state index contributed by atoms with van der Waals surface area (Å²) in [5, 5.41) is 1.20. The molecule has 1 aliphatic heterocycles. The minimum Gasteiger partial charge on any atom is -0.369 e. The van der Waals surface area contributed by atoms with Crippen molar-refractivity contribution in [2.75, 3.05) is 31.1 Å². The lowest BCUT2D eigenvalue weighted by Gasteiger charge is -2.31. The topological polar surface area (TPSA) is 36.4 Å². The van der Waals surface area contributed by atoms with Gasteiger partial charge in [0.2, 0.25) is 5.91 Å². The van der Waals surface area contributed by atoms with Gasteiger partial charge in [0, 0.05) is 49.4 Å². The van der Waals surface area contributed by atoms with Gasteiger partial charge in [0.15, 0.2) is 0 Å². The Kier molecular flexibility index (Phi) is 3.90. The van der Waals surface area contributed by atoms with E-state index in [1.54, 1.807) is 0 Å². The van der Waals surface area contributed by atoms with Crippen molar-refractivity contribution < 1.29 is 4.79 Å². The summed E-state index contributed by atoms with van der Waals surface area (Å²) in [6.07, 6.45) is 6.33. The van der Waals surface area contributed by atoms with E-state index in [1.165, 1.54) is 17.5 Å². The number of aromatic nitrogens is 1. The summed E-state index contributed by atoms with van der Waals surface area (Å²) in [7, 11) is 0. The molecule has 0 atom stereocenters. The van der Waals surface area contributed by atoms with Gasteiger partial charge < -0.3 is 9.80 Å². The molecule has 1 aliphatic carbocycles. The van der Waals surface area contributed by atoms with Crippen LogP contribution in [0.15, 0.2) is 36.5 Å². The largest absolute Gasteiger partial charge is 0.369 e. The SMILES string of the molecule is O=C(C1CCC1)N1CCCN(c2ccnc3ccccc23)CC1. The first-order valence-electron chi connectivity index (χ1n) is 8.70. The second-order valence-electron chi connectivity index (χ2n) is 6.64. The van der Waals surface area contributed by atoms with Gasteiger partial charge in [-0.1, -0.05) is 24.6 Å². The van der Waals surface area contributed by atoms with Crippen molar-refractivity contribution in [1.82, 2.24) is 9.88 Å². The summed E-state index contributed by atoms with van der Waals surface area (Å²) < 4.78 is 0. The van der Waals surface area contributed by atoms with Crippen LogP contribution in [0.4, 0.5) is 5.69 Å². The van der Waals surface area contributed by atoms with Crippen LogP contribution in [-0.2, 0) is 4.79 Å². The van der Waals surface area contributed by atoms with Crippen molar-refractivity contribution in [3.63, 3.8) is 0 Å². The van der Waals surface area contributed by atoms with Gasteiger partial charge in [-0.15, -0.1) is 0 Å². The molecule has 2 fully saturated rings. The van der Waals surface area contributed by atoms with Crippen LogP contribution in [0.2, 0.25) is 0 Å². The summed E-state index contributed by atoms with van der Waals surface area (Å²) in [6.45, 7) is 3.65. The fraction of sp³-hybridized carbons (Fsp3) is 0.474. The normalized spacial score (nSPS) is 19.5. The monoisotopic (exact) mass is 309 g/mol. The lowest BCUT2D eigenvalue weighted by Crippen LogP contribution is -2.41. The Hall–Kier alpha value is -2.10. The standard InChI is InChI=1S/C19H23N3O/c23-19(15-5-3-6-15)22-12-4-11-21(13-14-22)18-9-10-20-17-8-2-1-7-16(17)18/h1-2,7-10,15H,3-6,11-14H2. The number of carbonyl (C=O) groups excluding carboxylic acids is 1. The molecule has 0 unspecified atom stereocenters. The van der Waals surface area contributed by atoms with Crippen LogP contribution in [0.1, 0.15) is 25.7 Å². The number of hydrogen-bond donors (Lipinski definition) is 0. The second kappa shape index (κ2) is 6.19. The van der Waals surface area contributed by atoms with Gasteiger partial charge >= 0.3 is 0 Å². The third-order valence-corrected chi connectivity index (χ3v) is 5.23. The van der Waals surface area contributed by atoms with Crippen LogP contribution in [0.25, 0.3) is 10.9 Å². The van der Waals surface area contributed by atoms with Crippen LogP contribution >= 0.6 is 0 Å². The summed E-state index contributed by atoms with van der Waals surface area (Å²) in [5.41, 5.74) is 2.28. The molecule has 1 amide bonds. The Morgan fingerprint density at radius 1 is 1.00 bits per heavy atom. The first-order valence-corrected chi connectivity index (χ1v) is 8.70. The van der Waals surface area contributed by atoms with Crippen molar-refractivity contribution in [1.29, 1.82) is 0 Å². The van der Waals surface area contributed by atoms with Crippen LogP contribution in [-0.4, -0.2) is 42.0 Å². The van der Waals surface area contributed by atoms with E-state index >= 15 is 0 Å². The van der Waals surface area contributed by atoms with E-state index in [2.05, 4.69) is 39.0 Å². The quantitative estimate of drug-likeness (QED) is 0.855. The lowest BCUT2D eigenvalue weighted by molar-refractivity contribution is -0.137. The number of pyridine rings is 1. The predicted octanol–water partition coefficient (Wildman–Crippen LogP) is 3.07. The van der Waals surface area contributed by atoms with E-state index in [4.69, 9.17) is 0 Å². The first-order chi connectivity index (χ1) is 11.3. The fourth-order valence-corrected chi connectivity index (χ4v) is 3.65. The highest BCUT2D eigenvalue weighted by molar-refractivity contribution is 5.91. The molecule has 1 aromatic carbocycles. The van der Waals surface area contributed by atoms with Gasteiger partial charge in [0.25, 0.3) is 0 Å². The van der Waals surface area contributed by atoms with Crippen LogP contribution in [0.5, 0.6) is 0 Å². The number of carbonyl (C=O) groups is 1. The summed E-state index contributed by atoms with van der Waals surface area (Å²) in [5.74, 6) is 0.695. The van der Waals surface area contributed by atoms with E-state index in [0.717, 1.165) is 51.0 Å². The summed E-state index contributed by atoms with van der Waals surface area (Å²) in [6, 6.07) is 10.4. The summed E-state index contributed by atoms with van der Waals surface area (Å²) >= 11 is 0. The zero-order valence-electron chi connectivity index (χ0n) is 13.4.